The van der Waals surface area contributed by atoms with E-state index in [0.29, 0.717) is 17.8 Å². The molecule has 0 fully saturated rings. The van der Waals surface area contributed by atoms with Crippen molar-refractivity contribution in [3.8, 4) is 0 Å². The molecular weight excluding hydrogens is 247 g/mol. The maximum absolute atomic E-state index is 12.7. The Labute approximate surface area is 110 Å². The van der Waals surface area contributed by atoms with Crippen molar-refractivity contribution in [3.05, 3.63) is 59.7 Å². The molecule has 0 aliphatic carbocycles. The quantitative estimate of drug-likeness (QED) is 0.678. The van der Waals surface area contributed by atoms with Gasteiger partial charge in [-0.3, -0.25) is 0 Å². The second kappa shape index (κ2) is 5.95. The number of pyridine rings is 1. The van der Waals surface area contributed by atoms with Gasteiger partial charge >= 0.3 is 5.97 Å². The summed E-state index contributed by atoms with van der Waals surface area (Å²) in [7, 11) is 1.34. The number of halogens is 1. The normalized spacial score (nSPS) is 10.0. The molecule has 0 saturated heterocycles. The first-order valence-electron chi connectivity index (χ1n) is 5.72. The highest BCUT2D eigenvalue weighted by Crippen LogP contribution is 2.13. The van der Waals surface area contributed by atoms with Crippen molar-refractivity contribution in [2.24, 2.45) is 0 Å². The number of hydrogen-bond donors (Lipinski definition) is 1. The molecule has 5 heteroatoms. The molecule has 0 spiro atoms. The molecule has 0 saturated carbocycles. The van der Waals surface area contributed by atoms with Gasteiger partial charge in [0.25, 0.3) is 0 Å². The van der Waals surface area contributed by atoms with Crippen LogP contribution < -0.4 is 5.32 Å². The van der Waals surface area contributed by atoms with Crippen molar-refractivity contribution in [2.75, 3.05) is 12.4 Å². The van der Waals surface area contributed by atoms with Gasteiger partial charge < -0.3 is 10.1 Å². The molecule has 0 bridgehead atoms. The van der Waals surface area contributed by atoms with Crippen LogP contribution in [0.15, 0.2) is 42.6 Å². The summed E-state index contributed by atoms with van der Waals surface area (Å²) in [6.45, 7) is 0.429. The van der Waals surface area contributed by atoms with E-state index in [9.17, 15) is 9.18 Å². The van der Waals surface area contributed by atoms with E-state index in [1.807, 2.05) is 12.1 Å². The third-order valence-corrected chi connectivity index (χ3v) is 2.63. The van der Waals surface area contributed by atoms with Crippen molar-refractivity contribution in [1.82, 2.24) is 4.98 Å². The topological polar surface area (TPSA) is 51.2 Å². The average molecular weight is 260 g/mol. The van der Waals surface area contributed by atoms with E-state index in [4.69, 9.17) is 4.74 Å². The van der Waals surface area contributed by atoms with Crippen LogP contribution in [0.5, 0.6) is 0 Å². The van der Waals surface area contributed by atoms with Gasteiger partial charge in [-0.15, -0.1) is 0 Å². The fraction of sp³-hybridized carbons (Fsp3) is 0.143. The van der Waals surface area contributed by atoms with Crippen LogP contribution >= 0.6 is 0 Å². The van der Waals surface area contributed by atoms with Crippen LogP contribution in [-0.2, 0) is 11.3 Å². The van der Waals surface area contributed by atoms with Gasteiger partial charge in [-0.1, -0.05) is 18.2 Å². The molecule has 4 nitrogen and oxygen atoms in total. The molecule has 98 valence electrons. The first kappa shape index (κ1) is 13.0. The lowest BCUT2D eigenvalue weighted by molar-refractivity contribution is 0.0599. The molecule has 0 aliphatic heterocycles. The third-order valence-electron chi connectivity index (χ3n) is 2.63. The lowest BCUT2D eigenvalue weighted by Gasteiger charge is -2.09. The molecule has 1 aromatic carbocycles. The SMILES string of the molecule is COC(=O)c1ccccc1CNc1ccc(F)nc1. The summed E-state index contributed by atoms with van der Waals surface area (Å²) in [5.74, 6) is -0.907. The molecule has 0 atom stereocenters. The van der Waals surface area contributed by atoms with E-state index < -0.39 is 5.95 Å². The fourth-order valence-electron chi connectivity index (χ4n) is 1.66. The Morgan fingerprint density at radius 2 is 2.11 bits per heavy atom. The molecule has 2 aromatic rings. The van der Waals surface area contributed by atoms with E-state index in [-0.39, 0.29) is 5.97 Å². The minimum absolute atomic E-state index is 0.380. The largest absolute Gasteiger partial charge is 0.465 e. The molecule has 1 N–H and O–H groups in total. The predicted octanol–water partition coefficient (Wildman–Crippen LogP) is 2.62. The van der Waals surface area contributed by atoms with E-state index in [1.165, 1.54) is 19.4 Å². The number of methoxy groups -OCH3 is 1. The number of aromatic nitrogens is 1. The van der Waals surface area contributed by atoms with Crippen LogP contribution in [0.25, 0.3) is 0 Å². The number of carbonyl (C=O) groups excluding carboxylic acids is 1. The summed E-state index contributed by atoms with van der Waals surface area (Å²) in [6.07, 6.45) is 1.40. The summed E-state index contributed by atoms with van der Waals surface area (Å²) in [6, 6.07) is 10.0. The summed E-state index contributed by atoms with van der Waals surface area (Å²) >= 11 is 0. The first-order chi connectivity index (χ1) is 9.20. The number of rotatable bonds is 4. The Morgan fingerprint density at radius 1 is 1.32 bits per heavy atom. The molecule has 0 radical (unpaired) electrons. The predicted molar refractivity (Wildman–Crippen MR) is 69.3 cm³/mol. The zero-order valence-electron chi connectivity index (χ0n) is 10.4. The monoisotopic (exact) mass is 260 g/mol. The lowest BCUT2D eigenvalue weighted by atomic mass is 10.1. The number of nitrogens with zero attached hydrogens (tertiary/aromatic N) is 1. The Bertz CT molecular complexity index is 570. The fourth-order valence-corrected chi connectivity index (χ4v) is 1.66. The number of nitrogens with one attached hydrogen (secondary N) is 1. The van der Waals surface area contributed by atoms with Crippen molar-refractivity contribution in [3.63, 3.8) is 0 Å². The highest BCUT2D eigenvalue weighted by Gasteiger charge is 2.10. The van der Waals surface area contributed by atoms with Gasteiger partial charge in [0.1, 0.15) is 0 Å². The minimum Gasteiger partial charge on any atom is -0.465 e. The number of carbonyl (C=O) groups is 1. The molecule has 1 aromatic heterocycles. The summed E-state index contributed by atoms with van der Waals surface area (Å²) in [4.78, 5) is 15.1. The number of ether oxygens (including phenoxy) is 1. The molecule has 0 aliphatic rings. The van der Waals surface area contributed by atoms with Gasteiger partial charge in [0.05, 0.1) is 24.6 Å². The van der Waals surface area contributed by atoms with Crippen LogP contribution in [0.3, 0.4) is 0 Å². The summed E-state index contributed by atoms with van der Waals surface area (Å²) in [5, 5.41) is 3.07. The molecule has 2 rings (SSSR count). The smallest absolute Gasteiger partial charge is 0.338 e. The van der Waals surface area contributed by atoms with Crippen LogP contribution in [0.1, 0.15) is 15.9 Å². The number of benzene rings is 1. The summed E-state index contributed by atoms with van der Waals surface area (Å²) < 4.78 is 17.4. The average Bonchev–Trinajstić information content (AvgIpc) is 2.46. The van der Waals surface area contributed by atoms with Gasteiger partial charge in [0.2, 0.25) is 5.95 Å². The Morgan fingerprint density at radius 3 is 2.79 bits per heavy atom. The standard InChI is InChI=1S/C14H13FN2O2/c1-19-14(18)12-5-3-2-4-10(12)8-16-11-6-7-13(15)17-9-11/h2-7,9,16H,8H2,1H3. The van der Waals surface area contributed by atoms with Crippen molar-refractivity contribution < 1.29 is 13.9 Å². The van der Waals surface area contributed by atoms with E-state index >= 15 is 0 Å². The number of hydrogen-bond acceptors (Lipinski definition) is 4. The third kappa shape index (κ3) is 3.28. The van der Waals surface area contributed by atoms with Crippen molar-refractivity contribution >= 4 is 11.7 Å². The van der Waals surface area contributed by atoms with Crippen molar-refractivity contribution in [1.29, 1.82) is 0 Å². The zero-order chi connectivity index (χ0) is 13.7. The van der Waals surface area contributed by atoms with Gasteiger partial charge in [-0.2, -0.15) is 4.39 Å². The highest BCUT2D eigenvalue weighted by molar-refractivity contribution is 5.91. The van der Waals surface area contributed by atoms with Gasteiger partial charge in [-0.25, -0.2) is 9.78 Å². The molecular formula is C14H13FN2O2. The van der Waals surface area contributed by atoms with Crippen LogP contribution in [0.4, 0.5) is 10.1 Å². The molecule has 1 heterocycles. The summed E-state index contributed by atoms with van der Waals surface area (Å²) in [5.41, 5.74) is 1.99. The van der Waals surface area contributed by atoms with Crippen LogP contribution in [-0.4, -0.2) is 18.1 Å². The minimum atomic E-state index is -0.527. The Kier molecular flexibility index (Phi) is 4.07. The molecule has 0 amide bonds. The number of esters is 1. The second-order valence-electron chi connectivity index (χ2n) is 3.87. The Hall–Kier alpha value is -2.43. The van der Waals surface area contributed by atoms with E-state index in [1.54, 1.807) is 18.2 Å². The van der Waals surface area contributed by atoms with E-state index in [2.05, 4.69) is 10.3 Å². The molecule has 19 heavy (non-hydrogen) atoms. The highest BCUT2D eigenvalue weighted by atomic mass is 19.1. The maximum Gasteiger partial charge on any atom is 0.338 e. The van der Waals surface area contributed by atoms with Crippen molar-refractivity contribution in [2.45, 2.75) is 6.54 Å². The number of anilines is 1. The molecule has 0 unspecified atom stereocenters. The van der Waals surface area contributed by atoms with Gasteiger partial charge in [0, 0.05) is 6.54 Å². The zero-order valence-corrected chi connectivity index (χ0v) is 10.4. The lowest BCUT2D eigenvalue weighted by Crippen LogP contribution is -2.09. The van der Waals surface area contributed by atoms with Crippen LogP contribution in [0, 0.1) is 5.95 Å². The Balaban J connectivity index is 2.11. The first-order valence-corrected chi connectivity index (χ1v) is 5.72. The maximum atomic E-state index is 12.7. The van der Waals surface area contributed by atoms with E-state index in [0.717, 1.165) is 5.56 Å². The van der Waals surface area contributed by atoms with Crippen LogP contribution in [0.2, 0.25) is 0 Å². The van der Waals surface area contributed by atoms with Gasteiger partial charge in [0.15, 0.2) is 0 Å². The van der Waals surface area contributed by atoms with Gasteiger partial charge in [-0.05, 0) is 23.8 Å². The second-order valence-corrected chi connectivity index (χ2v) is 3.87.